The van der Waals surface area contributed by atoms with Crippen molar-refractivity contribution in [2.45, 2.75) is 13.5 Å². The molecule has 2 rings (SSSR count). The van der Waals surface area contributed by atoms with Crippen molar-refractivity contribution < 1.29 is 14.3 Å². The van der Waals surface area contributed by atoms with Gasteiger partial charge in [-0.25, -0.2) is 4.79 Å². The number of aromatic nitrogens is 2. The lowest BCUT2D eigenvalue weighted by Crippen LogP contribution is -2.15. The lowest BCUT2D eigenvalue weighted by Gasteiger charge is -2.08. The number of benzene rings is 1. The van der Waals surface area contributed by atoms with E-state index in [-0.39, 0.29) is 12.6 Å². The number of ether oxygens (including phenoxy) is 2. The topological polar surface area (TPSA) is 73.3 Å². The van der Waals surface area contributed by atoms with E-state index < -0.39 is 6.09 Å². The molecule has 0 saturated carbocycles. The molecule has 110 valence electrons. The van der Waals surface area contributed by atoms with Crippen LogP contribution in [0, 0.1) is 0 Å². The maximum Gasteiger partial charge on any atom is 0.413 e. The molecule has 7 heteroatoms. The molecular weight excluding hydrogens is 338 g/mol. The van der Waals surface area contributed by atoms with Crippen LogP contribution in [0.5, 0.6) is 6.01 Å². The highest BCUT2D eigenvalue weighted by Gasteiger charge is 2.08. The third kappa shape index (κ3) is 5.03. The Morgan fingerprint density at radius 1 is 1.29 bits per heavy atom. The normalized spacial score (nSPS) is 10.0. The first-order valence-corrected chi connectivity index (χ1v) is 7.11. The highest BCUT2D eigenvalue weighted by Crippen LogP contribution is 2.16. The lowest BCUT2D eigenvalue weighted by atomic mass is 10.2. The van der Waals surface area contributed by atoms with Gasteiger partial charge in [-0.05, 0) is 28.4 Å². The van der Waals surface area contributed by atoms with Crippen molar-refractivity contribution in [2.75, 3.05) is 11.9 Å². The highest BCUT2D eigenvalue weighted by atomic mass is 79.9. The fourth-order valence-electron chi connectivity index (χ4n) is 1.52. The van der Waals surface area contributed by atoms with Crippen LogP contribution in [0.1, 0.15) is 12.5 Å². The van der Waals surface area contributed by atoms with Gasteiger partial charge < -0.3 is 9.47 Å². The van der Waals surface area contributed by atoms with Gasteiger partial charge in [0, 0.05) is 6.07 Å². The number of halogens is 1. The monoisotopic (exact) mass is 351 g/mol. The largest absolute Gasteiger partial charge is 0.464 e. The van der Waals surface area contributed by atoms with Crippen LogP contribution in [-0.4, -0.2) is 22.7 Å². The molecule has 0 radical (unpaired) electrons. The van der Waals surface area contributed by atoms with Crippen LogP contribution in [0.3, 0.4) is 0 Å². The Hall–Kier alpha value is -2.15. The van der Waals surface area contributed by atoms with Crippen LogP contribution >= 0.6 is 15.9 Å². The van der Waals surface area contributed by atoms with Crippen LogP contribution in [0.4, 0.5) is 10.6 Å². The summed E-state index contributed by atoms with van der Waals surface area (Å²) in [6.07, 6.45) is -0.591. The Bertz CT molecular complexity index is 608. The molecule has 0 aliphatic heterocycles. The van der Waals surface area contributed by atoms with Gasteiger partial charge in [-0.3, -0.25) is 5.32 Å². The van der Waals surface area contributed by atoms with Crippen molar-refractivity contribution >= 4 is 27.8 Å². The predicted octanol–water partition coefficient (Wildman–Crippen LogP) is 3.39. The second-order valence-electron chi connectivity index (χ2n) is 3.98. The number of carbonyl (C=O) groups is 1. The fraction of sp³-hybridized carbons (Fsp3) is 0.214. The van der Waals surface area contributed by atoms with Crippen molar-refractivity contribution in [3.8, 4) is 6.01 Å². The van der Waals surface area contributed by atoms with Crippen molar-refractivity contribution in [2.24, 2.45) is 0 Å². The van der Waals surface area contributed by atoms with Crippen molar-refractivity contribution in [1.29, 1.82) is 0 Å². The van der Waals surface area contributed by atoms with Crippen LogP contribution in [0.25, 0.3) is 0 Å². The summed E-state index contributed by atoms with van der Waals surface area (Å²) >= 11 is 3.23. The number of hydrogen-bond acceptors (Lipinski definition) is 5. The molecule has 0 aliphatic rings. The van der Waals surface area contributed by atoms with Gasteiger partial charge in [0.25, 0.3) is 0 Å². The van der Waals surface area contributed by atoms with Crippen LogP contribution in [-0.2, 0) is 11.3 Å². The van der Waals surface area contributed by atoms with E-state index in [1.807, 2.05) is 37.3 Å². The number of nitrogens with zero attached hydrogens (tertiary/aromatic N) is 2. The SMILES string of the molecule is CCOc1nc(Br)cc(NC(=O)OCc2ccccc2)n1. The minimum Gasteiger partial charge on any atom is -0.464 e. The predicted molar refractivity (Wildman–Crippen MR) is 81.2 cm³/mol. The number of rotatable bonds is 5. The van der Waals surface area contributed by atoms with Gasteiger partial charge in [0.15, 0.2) is 0 Å². The molecule has 0 atom stereocenters. The second kappa shape index (κ2) is 7.58. The standard InChI is InChI=1S/C14H14BrN3O3/c1-2-20-13-16-11(15)8-12(17-13)18-14(19)21-9-10-6-4-3-5-7-10/h3-8H,2,9H2,1H3,(H,16,17,18,19). The third-order valence-electron chi connectivity index (χ3n) is 2.39. The van der Waals surface area contributed by atoms with Crippen LogP contribution in [0.15, 0.2) is 41.0 Å². The number of hydrogen-bond donors (Lipinski definition) is 1. The molecule has 0 aliphatic carbocycles. The number of anilines is 1. The lowest BCUT2D eigenvalue weighted by molar-refractivity contribution is 0.155. The fourth-order valence-corrected chi connectivity index (χ4v) is 1.89. The van der Waals surface area contributed by atoms with E-state index in [9.17, 15) is 4.79 Å². The molecular formula is C14H14BrN3O3. The zero-order chi connectivity index (χ0) is 15.1. The molecule has 1 aromatic heterocycles. The van der Waals surface area contributed by atoms with Crippen LogP contribution in [0.2, 0.25) is 0 Å². The summed E-state index contributed by atoms with van der Waals surface area (Å²) < 4.78 is 10.8. The molecule has 0 spiro atoms. The highest BCUT2D eigenvalue weighted by molar-refractivity contribution is 9.10. The molecule has 1 amide bonds. The molecule has 1 aromatic carbocycles. The van der Waals surface area contributed by atoms with Gasteiger partial charge in [-0.2, -0.15) is 9.97 Å². The molecule has 0 bridgehead atoms. The first kappa shape index (κ1) is 15.2. The third-order valence-corrected chi connectivity index (χ3v) is 2.80. The first-order chi connectivity index (χ1) is 10.2. The smallest absolute Gasteiger partial charge is 0.413 e. The summed E-state index contributed by atoms with van der Waals surface area (Å²) in [7, 11) is 0. The van der Waals surface area contributed by atoms with Crippen LogP contribution < -0.4 is 10.1 Å². The average molecular weight is 352 g/mol. The molecule has 2 aromatic rings. The Balaban J connectivity index is 1.93. The van der Waals surface area contributed by atoms with E-state index >= 15 is 0 Å². The minimum absolute atomic E-state index is 0.185. The van der Waals surface area contributed by atoms with Crippen molar-refractivity contribution in [1.82, 2.24) is 9.97 Å². The Labute approximate surface area is 130 Å². The summed E-state index contributed by atoms with van der Waals surface area (Å²) in [4.78, 5) is 19.8. The second-order valence-corrected chi connectivity index (χ2v) is 4.79. The van der Waals surface area contributed by atoms with Crippen molar-refractivity contribution in [3.05, 3.63) is 46.6 Å². The Kier molecular flexibility index (Phi) is 5.51. The molecule has 1 N–H and O–H groups in total. The summed E-state index contributed by atoms with van der Waals surface area (Å²) in [5, 5.41) is 2.53. The molecule has 1 heterocycles. The van der Waals surface area contributed by atoms with Gasteiger partial charge in [0.05, 0.1) is 6.61 Å². The van der Waals surface area contributed by atoms with Crippen molar-refractivity contribution in [3.63, 3.8) is 0 Å². The van der Waals surface area contributed by atoms with E-state index in [1.54, 1.807) is 6.07 Å². The van der Waals surface area contributed by atoms with Gasteiger partial charge in [-0.1, -0.05) is 30.3 Å². The zero-order valence-electron chi connectivity index (χ0n) is 11.4. The van der Waals surface area contributed by atoms with E-state index in [0.29, 0.717) is 17.0 Å². The van der Waals surface area contributed by atoms with E-state index in [1.165, 1.54) is 0 Å². The molecule has 6 nitrogen and oxygen atoms in total. The summed E-state index contributed by atoms with van der Waals surface area (Å²) in [5.74, 6) is 0.304. The number of nitrogens with one attached hydrogen (secondary N) is 1. The quantitative estimate of drug-likeness (QED) is 0.835. The van der Waals surface area contributed by atoms with Gasteiger partial charge in [0.2, 0.25) is 0 Å². The van der Waals surface area contributed by atoms with Gasteiger partial charge >= 0.3 is 12.1 Å². The molecule has 0 fully saturated rings. The first-order valence-electron chi connectivity index (χ1n) is 6.32. The zero-order valence-corrected chi connectivity index (χ0v) is 13.0. The molecule has 0 saturated heterocycles. The Morgan fingerprint density at radius 3 is 2.76 bits per heavy atom. The van der Waals surface area contributed by atoms with Gasteiger partial charge in [0.1, 0.15) is 17.0 Å². The number of amides is 1. The molecule has 21 heavy (non-hydrogen) atoms. The molecule has 0 unspecified atom stereocenters. The van der Waals surface area contributed by atoms with Gasteiger partial charge in [-0.15, -0.1) is 0 Å². The number of carbonyl (C=O) groups excluding carboxylic acids is 1. The van der Waals surface area contributed by atoms with E-state index in [2.05, 4.69) is 31.2 Å². The summed E-state index contributed by atoms with van der Waals surface area (Å²) in [5.41, 5.74) is 0.909. The maximum absolute atomic E-state index is 11.7. The Morgan fingerprint density at radius 2 is 2.05 bits per heavy atom. The van der Waals surface area contributed by atoms with E-state index in [4.69, 9.17) is 9.47 Å². The maximum atomic E-state index is 11.7. The summed E-state index contributed by atoms with van der Waals surface area (Å²) in [6.45, 7) is 2.46. The van der Waals surface area contributed by atoms with E-state index in [0.717, 1.165) is 5.56 Å². The minimum atomic E-state index is -0.591. The average Bonchev–Trinajstić information content (AvgIpc) is 2.46. The summed E-state index contributed by atoms with van der Waals surface area (Å²) in [6, 6.07) is 11.2.